The van der Waals surface area contributed by atoms with Crippen LogP contribution in [0.4, 0.5) is 5.69 Å². The second-order valence-electron chi connectivity index (χ2n) is 3.80. The van der Waals surface area contributed by atoms with Crippen molar-refractivity contribution >= 4 is 23.3 Å². The molecular weight excluding hydrogens is 270 g/mol. The minimum atomic E-state index is -1.01. The Bertz CT molecular complexity index is 652. The fraction of sp³-hybridized carbons (Fsp3) is 0. The van der Waals surface area contributed by atoms with Crippen LogP contribution < -0.4 is 0 Å². The van der Waals surface area contributed by atoms with E-state index in [1.165, 1.54) is 30.3 Å². The third-order valence-corrected chi connectivity index (χ3v) is 2.92. The highest BCUT2D eigenvalue weighted by Crippen LogP contribution is 2.31. The lowest BCUT2D eigenvalue weighted by molar-refractivity contribution is -0.384. The van der Waals surface area contributed by atoms with E-state index in [0.29, 0.717) is 11.1 Å². The average molecular weight is 278 g/mol. The number of non-ortho nitro benzene ring substituents is 1. The zero-order valence-electron chi connectivity index (χ0n) is 9.54. The van der Waals surface area contributed by atoms with E-state index >= 15 is 0 Å². The van der Waals surface area contributed by atoms with Crippen LogP contribution >= 0.6 is 11.6 Å². The summed E-state index contributed by atoms with van der Waals surface area (Å²) in [6.45, 7) is 0. The van der Waals surface area contributed by atoms with Crippen LogP contribution in [0.15, 0.2) is 42.5 Å². The van der Waals surface area contributed by atoms with Gasteiger partial charge in [-0.1, -0.05) is 23.7 Å². The number of nitrogens with zero attached hydrogens (tertiary/aromatic N) is 1. The van der Waals surface area contributed by atoms with Crippen molar-refractivity contribution in [1.29, 1.82) is 0 Å². The van der Waals surface area contributed by atoms with E-state index in [4.69, 9.17) is 16.7 Å². The second-order valence-corrected chi connectivity index (χ2v) is 4.21. The van der Waals surface area contributed by atoms with Crippen molar-refractivity contribution in [2.75, 3.05) is 0 Å². The maximum absolute atomic E-state index is 10.7. The van der Waals surface area contributed by atoms with E-state index in [9.17, 15) is 14.9 Å². The number of nitro groups is 1. The van der Waals surface area contributed by atoms with Gasteiger partial charge in [-0.3, -0.25) is 10.1 Å². The van der Waals surface area contributed by atoms with Crippen molar-refractivity contribution in [3.63, 3.8) is 0 Å². The Balaban J connectivity index is 2.41. The predicted octanol–water partition coefficient (Wildman–Crippen LogP) is 3.61. The number of hydrogen-bond acceptors (Lipinski definition) is 3. The molecule has 6 heteroatoms. The van der Waals surface area contributed by atoms with Crippen LogP contribution in [-0.4, -0.2) is 16.0 Å². The van der Waals surface area contributed by atoms with E-state index in [-0.39, 0.29) is 16.3 Å². The molecule has 0 aliphatic heterocycles. The Morgan fingerprint density at radius 1 is 1.16 bits per heavy atom. The normalized spacial score (nSPS) is 10.2. The molecule has 2 aromatic carbocycles. The van der Waals surface area contributed by atoms with Crippen LogP contribution in [0.5, 0.6) is 0 Å². The lowest BCUT2D eigenvalue weighted by Gasteiger charge is -2.05. The van der Waals surface area contributed by atoms with Gasteiger partial charge in [0.25, 0.3) is 5.69 Å². The molecule has 0 amide bonds. The third-order valence-electron chi connectivity index (χ3n) is 2.61. The Kier molecular flexibility index (Phi) is 3.48. The van der Waals surface area contributed by atoms with Crippen LogP contribution in [-0.2, 0) is 0 Å². The molecule has 0 radical (unpaired) electrons. The smallest absolute Gasteiger partial charge is 0.335 e. The highest BCUT2D eigenvalue weighted by Gasteiger charge is 2.11. The van der Waals surface area contributed by atoms with Gasteiger partial charge < -0.3 is 5.11 Å². The van der Waals surface area contributed by atoms with Crippen molar-refractivity contribution in [2.24, 2.45) is 0 Å². The number of aromatic carboxylic acids is 1. The molecule has 0 aromatic heterocycles. The average Bonchev–Trinajstić information content (AvgIpc) is 2.38. The first-order valence-corrected chi connectivity index (χ1v) is 5.64. The number of benzene rings is 2. The third kappa shape index (κ3) is 2.71. The van der Waals surface area contributed by atoms with E-state index < -0.39 is 10.9 Å². The zero-order chi connectivity index (χ0) is 14.0. The molecular formula is C13H8ClNO4. The van der Waals surface area contributed by atoms with Crippen LogP contribution in [0.3, 0.4) is 0 Å². The monoisotopic (exact) mass is 277 g/mol. The molecule has 2 rings (SSSR count). The molecule has 0 spiro atoms. The minimum absolute atomic E-state index is 0.0871. The first-order chi connectivity index (χ1) is 8.99. The lowest BCUT2D eigenvalue weighted by atomic mass is 10.0. The second kappa shape index (κ2) is 5.07. The summed E-state index contributed by atoms with van der Waals surface area (Å²) in [6, 6.07) is 10.3. The molecule has 5 nitrogen and oxygen atoms in total. The maximum atomic E-state index is 10.7. The van der Waals surface area contributed by atoms with Crippen molar-refractivity contribution in [2.45, 2.75) is 0 Å². The Labute approximate surface area is 113 Å². The lowest BCUT2D eigenvalue weighted by Crippen LogP contribution is -1.95. The van der Waals surface area contributed by atoms with Crippen LogP contribution in [0.25, 0.3) is 11.1 Å². The largest absolute Gasteiger partial charge is 0.478 e. The van der Waals surface area contributed by atoms with Crippen molar-refractivity contribution in [3.05, 3.63) is 63.2 Å². The highest BCUT2D eigenvalue weighted by molar-refractivity contribution is 6.33. The standard InChI is InChI=1S/C13H8ClNO4/c14-12-7-10(15(18)19)5-6-11(12)8-1-3-9(4-2-8)13(16)17/h1-7H,(H,16,17). The van der Waals surface area contributed by atoms with Gasteiger partial charge in [-0.15, -0.1) is 0 Å². The van der Waals surface area contributed by atoms with Crippen LogP contribution in [0.1, 0.15) is 10.4 Å². The van der Waals surface area contributed by atoms with Gasteiger partial charge in [-0.2, -0.15) is 0 Å². The molecule has 0 atom stereocenters. The number of hydrogen-bond donors (Lipinski definition) is 1. The molecule has 0 fully saturated rings. The fourth-order valence-electron chi connectivity index (χ4n) is 1.64. The summed E-state index contributed by atoms with van der Waals surface area (Å²) in [7, 11) is 0. The summed E-state index contributed by atoms with van der Waals surface area (Å²) in [6.07, 6.45) is 0. The summed E-state index contributed by atoms with van der Waals surface area (Å²) < 4.78 is 0. The number of nitro benzene ring substituents is 1. The predicted molar refractivity (Wildman–Crippen MR) is 70.5 cm³/mol. The molecule has 0 aliphatic carbocycles. The molecule has 0 unspecified atom stereocenters. The summed E-state index contributed by atoms with van der Waals surface area (Å²) in [5.41, 5.74) is 1.40. The molecule has 0 aliphatic rings. The van der Waals surface area contributed by atoms with Crippen LogP contribution in [0.2, 0.25) is 5.02 Å². The number of carbonyl (C=O) groups is 1. The summed E-state index contributed by atoms with van der Waals surface area (Å²) in [5, 5.41) is 19.6. The molecule has 1 N–H and O–H groups in total. The molecule has 0 saturated carbocycles. The Morgan fingerprint density at radius 2 is 1.79 bits per heavy atom. The number of carboxylic acids is 1. The topological polar surface area (TPSA) is 80.4 Å². The fourth-order valence-corrected chi connectivity index (χ4v) is 1.93. The first-order valence-electron chi connectivity index (χ1n) is 5.26. The first kappa shape index (κ1) is 13.0. The van der Waals surface area contributed by atoms with Crippen molar-refractivity contribution in [1.82, 2.24) is 0 Å². The van der Waals surface area contributed by atoms with E-state index in [1.807, 2.05) is 0 Å². The Hall–Kier alpha value is -2.40. The number of rotatable bonds is 3. The van der Waals surface area contributed by atoms with Gasteiger partial charge in [0, 0.05) is 17.7 Å². The maximum Gasteiger partial charge on any atom is 0.335 e. The van der Waals surface area contributed by atoms with Crippen molar-refractivity contribution < 1.29 is 14.8 Å². The van der Waals surface area contributed by atoms with Crippen molar-refractivity contribution in [3.8, 4) is 11.1 Å². The van der Waals surface area contributed by atoms with Gasteiger partial charge in [0.2, 0.25) is 0 Å². The molecule has 96 valence electrons. The number of carboxylic acid groups (broad SMARTS) is 1. The van der Waals surface area contributed by atoms with Gasteiger partial charge >= 0.3 is 5.97 Å². The van der Waals surface area contributed by atoms with E-state index in [2.05, 4.69) is 0 Å². The van der Waals surface area contributed by atoms with Gasteiger partial charge in [0.15, 0.2) is 0 Å². The van der Waals surface area contributed by atoms with Gasteiger partial charge in [-0.05, 0) is 23.8 Å². The zero-order valence-corrected chi connectivity index (χ0v) is 10.3. The molecule has 0 heterocycles. The summed E-state index contributed by atoms with van der Waals surface area (Å²) >= 11 is 5.99. The van der Waals surface area contributed by atoms with Gasteiger partial charge in [-0.25, -0.2) is 4.79 Å². The molecule has 0 bridgehead atoms. The van der Waals surface area contributed by atoms with Crippen LogP contribution in [0, 0.1) is 10.1 Å². The molecule has 2 aromatic rings. The molecule has 0 saturated heterocycles. The molecule has 19 heavy (non-hydrogen) atoms. The minimum Gasteiger partial charge on any atom is -0.478 e. The van der Waals surface area contributed by atoms with Gasteiger partial charge in [0.05, 0.1) is 15.5 Å². The Morgan fingerprint density at radius 3 is 2.26 bits per heavy atom. The SMILES string of the molecule is O=C(O)c1ccc(-c2ccc([N+](=O)[O-])cc2Cl)cc1. The summed E-state index contributed by atoms with van der Waals surface area (Å²) in [5.74, 6) is -1.01. The summed E-state index contributed by atoms with van der Waals surface area (Å²) in [4.78, 5) is 20.8. The highest BCUT2D eigenvalue weighted by atomic mass is 35.5. The van der Waals surface area contributed by atoms with E-state index in [1.54, 1.807) is 12.1 Å². The van der Waals surface area contributed by atoms with Gasteiger partial charge in [0.1, 0.15) is 0 Å². The van der Waals surface area contributed by atoms with E-state index in [0.717, 1.165) is 0 Å². The number of halogens is 1. The quantitative estimate of drug-likeness (QED) is 0.686.